The quantitative estimate of drug-likeness (QED) is 0.816. The summed E-state index contributed by atoms with van der Waals surface area (Å²) in [6, 6.07) is 0. The molecular weight excluding hydrogens is 244 g/mol. The number of aromatic nitrogens is 4. The van der Waals surface area contributed by atoms with Crippen LogP contribution in [0, 0.1) is 13.8 Å². The minimum atomic E-state index is -1.05. The number of carboxylic acid groups (broad SMARTS) is 1. The van der Waals surface area contributed by atoms with E-state index in [1.807, 2.05) is 0 Å². The Hall–Kier alpha value is -1.96. The van der Waals surface area contributed by atoms with Crippen LogP contribution in [-0.2, 0) is 0 Å². The largest absolute Gasteiger partial charge is 0.478 e. The lowest BCUT2D eigenvalue weighted by atomic mass is 10.2. The van der Waals surface area contributed by atoms with Crippen LogP contribution in [0.2, 0.25) is 0 Å². The molecule has 0 aliphatic rings. The highest BCUT2D eigenvalue weighted by molar-refractivity contribution is 7.98. The minimum absolute atomic E-state index is 0.0797. The number of hydrogen-bond acceptors (Lipinski definition) is 7. The number of aromatic carboxylic acids is 1. The van der Waals surface area contributed by atoms with Gasteiger partial charge in [-0.25, -0.2) is 14.8 Å². The van der Waals surface area contributed by atoms with E-state index in [9.17, 15) is 4.79 Å². The van der Waals surface area contributed by atoms with Crippen LogP contribution in [0.4, 0.5) is 0 Å². The number of hydrogen-bond donors (Lipinski definition) is 1. The van der Waals surface area contributed by atoms with Gasteiger partial charge in [0.2, 0.25) is 5.89 Å². The molecule has 1 N–H and O–H groups in total. The molecule has 17 heavy (non-hydrogen) atoms. The molecule has 8 heteroatoms. The zero-order valence-corrected chi connectivity index (χ0v) is 9.85. The van der Waals surface area contributed by atoms with Crippen molar-refractivity contribution >= 4 is 17.7 Å². The SMILES string of the molecule is Cc1nnc(Sc2ncc(C(=O)O)c(C)n2)o1. The van der Waals surface area contributed by atoms with Gasteiger partial charge in [-0.3, -0.25) is 0 Å². The van der Waals surface area contributed by atoms with Gasteiger partial charge in [0.1, 0.15) is 0 Å². The summed E-state index contributed by atoms with van der Waals surface area (Å²) in [6.45, 7) is 3.28. The fraction of sp³-hybridized carbons (Fsp3) is 0.222. The average molecular weight is 252 g/mol. The molecule has 0 saturated carbocycles. The van der Waals surface area contributed by atoms with Crippen molar-refractivity contribution in [2.75, 3.05) is 0 Å². The Kier molecular flexibility index (Phi) is 3.05. The normalized spacial score (nSPS) is 10.5. The summed E-state index contributed by atoms with van der Waals surface area (Å²) in [5.41, 5.74) is 0.474. The van der Waals surface area contributed by atoms with Crippen LogP contribution in [0.3, 0.4) is 0 Å². The predicted molar refractivity (Wildman–Crippen MR) is 56.9 cm³/mol. The maximum Gasteiger partial charge on any atom is 0.339 e. The Morgan fingerprint density at radius 3 is 2.71 bits per heavy atom. The molecule has 0 aromatic carbocycles. The van der Waals surface area contributed by atoms with Crippen molar-refractivity contribution in [2.45, 2.75) is 24.2 Å². The summed E-state index contributed by atoms with van der Waals surface area (Å²) in [7, 11) is 0. The molecule has 0 aliphatic heterocycles. The zero-order valence-electron chi connectivity index (χ0n) is 9.04. The molecule has 88 valence electrons. The molecule has 0 unspecified atom stereocenters. The van der Waals surface area contributed by atoms with E-state index in [-0.39, 0.29) is 5.56 Å². The highest BCUT2D eigenvalue weighted by atomic mass is 32.2. The van der Waals surface area contributed by atoms with E-state index in [0.717, 1.165) is 11.8 Å². The van der Waals surface area contributed by atoms with Gasteiger partial charge in [0.25, 0.3) is 5.22 Å². The summed E-state index contributed by atoms with van der Waals surface area (Å²) in [4.78, 5) is 18.7. The Bertz CT molecular complexity index is 569. The third kappa shape index (κ3) is 2.59. The maximum absolute atomic E-state index is 10.8. The first-order chi connectivity index (χ1) is 8.06. The molecule has 0 aliphatic carbocycles. The molecule has 0 atom stereocenters. The standard InChI is InChI=1S/C9H8N4O3S/c1-4-6(7(14)15)3-10-8(11-4)17-9-13-12-5(2)16-9/h3H,1-2H3,(H,14,15). The Balaban J connectivity index is 2.23. The van der Waals surface area contributed by atoms with Crippen LogP contribution in [0.1, 0.15) is 21.9 Å². The lowest BCUT2D eigenvalue weighted by Crippen LogP contribution is -2.03. The number of rotatable bonds is 3. The van der Waals surface area contributed by atoms with Gasteiger partial charge in [-0.2, -0.15) is 0 Å². The van der Waals surface area contributed by atoms with Crippen molar-refractivity contribution in [3.8, 4) is 0 Å². The van der Waals surface area contributed by atoms with Crippen LogP contribution < -0.4 is 0 Å². The van der Waals surface area contributed by atoms with Crippen LogP contribution >= 0.6 is 11.8 Å². The first-order valence-electron chi connectivity index (χ1n) is 4.61. The predicted octanol–water partition coefficient (Wildman–Crippen LogP) is 1.33. The van der Waals surface area contributed by atoms with E-state index in [2.05, 4.69) is 20.2 Å². The lowest BCUT2D eigenvalue weighted by molar-refractivity contribution is 0.0695. The number of carboxylic acids is 1. The van der Waals surface area contributed by atoms with Gasteiger partial charge in [0.05, 0.1) is 11.3 Å². The maximum atomic E-state index is 10.8. The number of aryl methyl sites for hydroxylation is 2. The topological polar surface area (TPSA) is 102 Å². The van der Waals surface area contributed by atoms with Crippen molar-refractivity contribution in [2.24, 2.45) is 0 Å². The smallest absolute Gasteiger partial charge is 0.339 e. The molecule has 2 aromatic rings. The van der Waals surface area contributed by atoms with Gasteiger partial charge in [-0.05, 0) is 6.92 Å². The summed E-state index contributed by atoms with van der Waals surface area (Å²) in [6.07, 6.45) is 1.26. The molecule has 0 amide bonds. The van der Waals surface area contributed by atoms with Gasteiger partial charge in [0.15, 0.2) is 5.16 Å². The summed E-state index contributed by atoms with van der Waals surface area (Å²) >= 11 is 1.09. The van der Waals surface area contributed by atoms with Gasteiger partial charge in [0, 0.05) is 24.9 Å². The van der Waals surface area contributed by atoms with Gasteiger partial charge < -0.3 is 9.52 Å². The van der Waals surface area contributed by atoms with Crippen LogP contribution in [-0.4, -0.2) is 31.2 Å². The fourth-order valence-electron chi connectivity index (χ4n) is 1.10. The Morgan fingerprint density at radius 2 is 2.18 bits per heavy atom. The fourth-order valence-corrected chi connectivity index (χ4v) is 1.79. The molecule has 0 spiro atoms. The second kappa shape index (κ2) is 4.50. The first kappa shape index (κ1) is 11.5. The van der Waals surface area contributed by atoms with Gasteiger partial charge in [-0.15, -0.1) is 10.2 Å². The van der Waals surface area contributed by atoms with Gasteiger partial charge in [-0.1, -0.05) is 0 Å². The van der Waals surface area contributed by atoms with Crippen molar-refractivity contribution in [1.82, 2.24) is 20.2 Å². The number of carbonyl (C=O) groups is 1. The van der Waals surface area contributed by atoms with Crippen molar-refractivity contribution in [1.29, 1.82) is 0 Å². The molecule has 0 saturated heterocycles. The third-order valence-electron chi connectivity index (χ3n) is 1.87. The second-order valence-electron chi connectivity index (χ2n) is 3.15. The second-order valence-corrected chi connectivity index (χ2v) is 4.06. The molecular formula is C9H8N4O3S. The summed E-state index contributed by atoms with van der Waals surface area (Å²) in [5, 5.41) is 17.0. The minimum Gasteiger partial charge on any atom is -0.478 e. The van der Waals surface area contributed by atoms with Crippen molar-refractivity contribution in [3.63, 3.8) is 0 Å². The van der Waals surface area contributed by atoms with Gasteiger partial charge >= 0.3 is 5.97 Å². The Morgan fingerprint density at radius 1 is 1.41 bits per heavy atom. The van der Waals surface area contributed by atoms with Crippen LogP contribution in [0.15, 0.2) is 21.0 Å². The van der Waals surface area contributed by atoms with Crippen LogP contribution in [0.25, 0.3) is 0 Å². The van der Waals surface area contributed by atoms with Crippen molar-refractivity contribution in [3.05, 3.63) is 23.3 Å². The molecule has 2 rings (SSSR count). The molecule has 2 heterocycles. The molecule has 0 radical (unpaired) electrons. The molecule has 0 fully saturated rings. The molecule has 7 nitrogen and oxygen atoms in total. The Labute approximate surface area is 100 Å². The lowest BCUT2D eigenvalue weighted by Gasteiger charge is -2.00. The van der Waals surface area contributed by atoms with E-state index in [1.54, 1.807) is 13.8 Å². The van der Waals surface area contributed by atoms with E-state index in [0.29, 0.717) is 22.0 Å². The number of nitrogens with zero attached hydrogens (tertiary/aromatic N) is 4. The molecule has 0 bridgehead atoms. The first-order valence-corrected chi connectivity index (χ1v) is 5.43. The molecule has 2 aromatic heterocycles. The highest BCUT2D eigenvalue weighted by Gasteiger charge is 2.12. The highest BCUT2D eigenvalue weighted by Crippen LogP contribution is 2.23. The van der Waals surface area contributed by atoms with Crippen LogP contribution in [0.5, 0.6) is 0 Å². The van der Waals surface area contributed by atoms with Crippen molar-refractivity contribution < 1.29 is 14.3 Å². The van der Waals surface area contributed by atoms with E-state index in [1.165, 1.54) is 6.20 Å². The summed E-state index contributed by atoms with van der Waals surface area (Å²) in [5.74, 6) is -0.598. The zero-order chi connectivity index (χ0) is 12.4. The average Bonchev–Trinajstić information content (AvgIpc) is 2.63. The van der Waals surface area contributed by atoms with E-state index in [4.69, 9.17) is 9.52 Å². The van der Waals surface area contributed by atoms with E-state index < -0.39 is 5.97 Å². The monoisotopic (exact) mass is 252 g/mol. The van der Waals surface area contributed by atoms with E-state index >= 15 is 0 Å². The summed E-state index contributed by atoms with van der Waals surface area (Å²) < 4.78 is 5.15. The third-order valence-corrected chi connectivity index (χ3v) is 2.59.